The van der Waals surface area contributed by atoms with E-state index < -0.39 is 0 Å². The van der Waals surface area contributed by atoms with E-state index in [1.807, 2.05) is 17.8 Å². The number of nitrogen functional groups attached to an aromatic ring is 1. The maximum absolute atomic E-state index is 5.70. The summed E-state index contributed by atoms with van der Waals surface area (Å²) in [4.78, 5) is 12.2. The number of nitrogens with zero attached hydrogens (tertiary/aromatic N) is 7. The lowest BCUT2D eigenvalue weighted by atomic mass is 9.79. The van der Waals surface area contributed by atoms with Crippen LogP contribution in [-0.4, -0.2) is 47.4 Å². The van der Waals surface area contributed by atoms with Gasteiger partial charge in [0.05, 0.1) is 20.0 Å². The molecule has 3 aromatic rings. The first-order chi connectivity index (χ1) is 12.6. The molecule has 10 nitrogen and oxygen atoms in total. The molecule has 136 valence electrons. The number of hydrogen-bond acceptors (Lipinski definition) is 8. The number of hydrogen-bond donors (Lipinski definition) is 2. The topological polar surface area (TPSA) is 122 Å². The Morgan fingerprint density at radius 2 is 2.15 bits per heavy atom. The zero-order valence-corrected chi connectivity index (χ0v) is 14.7. The maximum atomic E-state index is 5.70. The van der Waals surface area contributed by atoms with Crippen LogP contribution in [0.4, 0.5) is 11.8 Å². The fourth-order valence-electron chi connectivity index (χ4n) is 3.19. The van der Waals surface area contributed by atoms with Gasteiger partial charge in [-0.2, -0.15) is 9.97 Å². The number of methoxy groups -OCH3 is 1. The summed E-state index contributed by atoms with van der Waals surface area (Å²) in [5.74, 6) is 3.63. The Labute approximate surface area is 150 Å². The summed E-state index contributed by atoms with van der Waals surface area (Å²) in [5.41, 5.74) is 5.70. The van der Waals surface area contributed by atoms with Crippen molar-refractivity contribution >= 4 is 11.8 Å². The van der Waals surface area contributed by atoms with Crippen molar-refractivity contribution in [3.8, 4) is 5.88 Å². The Hall–Kier alpha value is -3.17. The molecule has 0 radical (unpaired) electrons. The predicted molar refractivity (Wildman–Crippen MR) is 94.7 cm³/mol. The van der Waals surface area contributed by atoms with E-state index in [1.165, 1.54) is 0 Å². The minimum atomic E-state index is 0.195. The molecule has 0 spiro atoms. The average molecular weight is 355 g/mol. The van der Waals surface area contributed by atoms with Gasteiger partial charge in [0.25, 0.3) is 0 Å². The summed E-state index contributed by atoms with van der Waals surface area (Å²) in [6.45, 7) is 0.665. The van der Waals surface area contributed by atoms with E-state index >= 15 is 0 Å². The Kier molecular flexibility index (Phi) is 4.15. The van der Waals surface area contributed by atoms with E-state index in [9.17, 15) is 0 Å². The zero-order chi connectivity index (χ0) is 18.1. The molecule has 1 saturated carbocycles. The van der Waals surface area contributed by atoms with Gasteiger partial charge >= 0.3 is 0 Å². The zero-order valence-electron chi connectivity index (χ0n) is 14.7. The van der Waals surface area contributed by atoms with Crippen LogP contribution in [0.1, 0.15) is 30.4 Å². The van der Waals surface area contributed by atoms with Gasteiger partial charge in [-0.25, -0.2) is 4.98 Å². The van der Waals surface area contributed by atoms with E-state index in [2.05, 4.69) is 35.0 Å². The van der Waals surface area contributed by atoms with Gasteiger partial charge in [-0.05, 0) is 12.8 Å². The summed E-state index contributed by atoms with van der Waals surface area (Å²) in [7, 11) is 3.57. The van der Waals surface area contributed by atoms with Crippen LogP contribution in [0.2, 0.25) is 0 Å². The standard InChI is InChI=1S/C16H21N9O/c1-24-13(8-25-4-3-18-9-25)22-23-15(24)10-5-11(6-10)19-12-7-14(26-2)21-16(17)20-12/h3-4,7,9-11H,5-6,8H2,1-2H3,(H3,17,19,20,21). The first kappa shape index (κ1) is 16.3. The highest BCUT2D eigenvalue weighted by atomic mass is 16.5. The number of aromatic nitrogens is 7. The molecule has 1 fully saturated rings. The average Bonchev–Trinajstić information content (AvgIpc) is 3.22. The van der Waals surface area contributed by atoms with Gasteiger partial charge in [-0.1, -0.05) is 0 Å². The van der Waals surface area contributed by atoms with Crippen molar-refractivity contribution < 1.29 is 4.74 Å². The van der Waals surface area contributed by atoms with Crippen molar-refractivity contribution in [3.63, 3.8) is 0 Å². The molecular weight excluding hydrogens is 334 g/mol. The van der Waals surface area contributed by atoms with E-state index in [0.29, 0.717) is 30.2 Å². The predicted octanol–water partition coefficient (Wildman–Crippen LogP) is 0.799. The fraction of sp³-hybridized carbons (Fsp3) is 0.438. The molecule has 0 amide bonds. The second-order valence-corrected chi connectivity index (χ2v) is 6.43. The number of imidazole rings is 1. The number of nitrogens with one attached hydrogen (secondary N) is 1. The summed E-state index contributed by atoms with van der Waals surface area (Å²) in [5, 5.41) is 12.1. The molecule has 3 heterocycles. The van der Waals surface area contributed by atoms with Gasteiger partial charge in [0.15, 0.2) is 5.82 Å². The molecule has 0 aliphatic heterocycles. The second-order valence-electron chi connectivity index (χ2n) is 6.43. The maximum Gasteiger partial charge on any atom is 0.225 e. The van der Waals surface area contributed by atoms with Crippen LogP contribution in [0, 0.1) is 0 Å². The number of anilines is 2. The van der Waals surface area contributed by atoms with Crippen LogP contribution >= 0.6 is 0 Å². The third-order valence-electron chi connectivity index (χ3n) is 4.67. The monoisotopic (exact) mass is 355 g/mol. The van der Waals surface area contributed by atoms with Crippen molar-refractivity contribution in [1.29, 1.82) is 0 Å². The molecule has 3 aromatic heterocycles. The summed E-state index contributed by atoms with van der Waals surface area (Å²) >= 11 is 0. The molecule has 10 heteroatoms. The van der Waals surface area contributed by atoms with Gasteiger partial charge in [-0.15, -0.1) is 10.2 Å². The van der Waals surface area contributed by atoms with E-state index in [0.717, 1.165) is 24.5 Å². The molecule has 1 aliphatic carbocycles. The van der Waals surface area contributed by atoms with Gasteiger partial charge < -0.3 is 24.9 Å². The number of ether oxygens (including phenoxy) is 1. The molecule has 3 N–H and O–H groups in total. The second kappa shape index (κ2) is 6.62. The molecular formula is C16H21N9O. The lowest BCUT2D eigenvalue weighted by Gasteiger charge is -2.35. The quantitative estimate of drug-likeness (QED) is 0.666. The van der Waals surface area contributed by atoms with Crippen LogP contribution in [0.3, 0.4) is 0 Å². The van der Waals surface area contributed by atoms with E-state index in [1.54, 1.807) is 25.7 Å². The molecule has 0 aromatic carbocycles. The molecule has 0 atom stereocenters. The van der Waals surface area contributed by atoms with Gasteiger partial charge in [0.1, 0.15) is 11.6 Å². The lowest BCUT2D eigenvalue weighted by Crippen LogP contribution is -2.35. The van der Waals surface area contributed by atoms with E-state index in [-0.39, 0.29) is 5.95 Å². The number of rotatable bonds is 6. The smallest absolute Gasteiger partial charge is 0.225 e. The van der Waals surface area contributed by atoms with Crippen molar-refractivity contribution in [2.24, 2.45) is 7.05 Å². The largest absolute Gasteiger partial charge is 0.481 e. The minimum absolute atomic E-state index is 0.195. The van der Waals surface area contributed by atoms with Crippen molar-refractivity contribution in [2.75, 3.05) is 18.2 Å². The van der Waals surface area contributed by atoms with Crippen molar-refractivity contribution in [1.82, 2.24) is 34.3 Å². The number of nitrogens with two attached hydrogens (primary N) is 1. The van der Waals surface area contributed by atoms with Crippen LogP contribution in [0.5, 0.6) is 5.88 Å². The highest BCUT2D eigenvalue weighted by Crippen LogP contribution is 2.37. The third-order valence-corrected chi connectivity index (χ3v) is 4.67. The van der Waals surface area contributed by atoms with Crippen LogP contribution in [0.25, 0.3) is 0 Å². The van der Waals surface area contributed by atoms with Gasteiger partial charge in [0, 0.05) is 37.5 Å². The Balaban J connectivity index is 1.38. The SMILES string of the molecule is COc1cc(NC2CC(c3nnc(Cn4ccnc4)n3C)C2)nc(N)n1. The molecule has 26 heavy (non-hydrogen) atoms. The summed E-state index contributed by atoms with van der Waals surface area (Å²) in [6, 6.07) is 2.06. The Morgan fingerprint density at radius 3 is 2.88 bits per heavy atom. The summed E-state index contributed by atoms with van der Waals surface area (Å²) in [6.07, 6.45) is 7.37. The molecule has 4 rings (SSSR count). The Bertz CT molecular complexity index is 883. The first-order valence-electron chi connectivity index (χ1n) is 8.41. The fourth-order valence-corrected chi connectivity index (χ4v) is 3.19. The Morgan fingerprint density at radius 1 is 1.31 bits per heavy atom. The van der Waals surface area contributed by atoms with Gasteiger partial charge in [0.2, 0.25) is 11.8 Å². The van der Waals surface area contributed by atoms with Crippen molar-refractivity contribution in [2.45, 2.75) is 31.3 Å². The normalized spacial score (nSPS) is 19.2. The summed E-state index contributed by atoms with van der Waals surface area (Å²) < 4.78 is 9.18. The van der Waals surface area contributed by atoms with E-state index in [4.69, 9.17) is 10.5 Å². The molecule has 1 aliphatic rings. The van der Waals surface area contributed by atoms with Crippen molar-refractivity contribution in [3.05, 3.63) is 36.4 Å². The highest BCUT2D eigenvalue weighted by Gasteiger charge is 2.34. The third kappa shape index (κ3) is 3.17. The molecule has 0 bridgehead atoms. The molecule has 0 saturated heterocycles. The van der Waals surface area contributed by atoms with Gasteiger partial charge in [-0.3, -0.25) is 0 Å². The minimum Gasteiger partial charge on any atom is -0.481 e. The molecule has 0 unspecified atom stereocenters. The highest BCUT2D eigenvalue weighted by molar-refractivity contribution is 5.44. The van der Waals surface area contributed by atoms with Crippen LogP contribution in [-0.2, 0) is 13.6 Å². The lowest BCUT2D eigenvalue weighted by molar-refractivity contribution is 0.350. The van der Waals surface area contributed by atoms with Crippen LogP contribution in [0.15, 0.2) is 24.8 Å². The van der Waals surface area contributed by atoms with Crippen LogP contribution < -0.4 is 15.8 Å². The first-order valence-corrected chi connectivity index (χ1v) is 8.41.